The fourth-order valence-electron chi connectivity index (χ4n) is 2.63. The third-order valence-corrected chi connectivity index (χ3v) is 5.76. The molecule has 1 aliphatic heterocycles. The van der Waals surface area contributed by atoms with E-state index in [-0.39, 0.29) is 16.6 Å². The van der Waals surface area contributed by atoms with Gasteiger partial charge in [0, 0.05) is 25.3 Å². The number of nitrogens with zero attached hydrogens (tertiary/aromatic N) is 2. The smallest absolute Gasteiger partial charge is 0.352 e. The van der Waals surface area contributed by atoms with Gasteiger partial charge in [-0.15, -0.1) is 0 Å². The summed E-state index contributed by atoms with van der Waals surface area (Å²) in [5, 5.41) is 9.11. The molecule has 0 bridgehead atoms. The van der Waals surface area contributed by atoms with Gasteiger partial charge in [0.15, 0.2) is 0 Å². The summed E-state index contributed by atoms with van der Waals surface area (Å²) in [6, 6.07) is 1.22. The SMILES string of the molecule is CCn1cc(S(=O)(=O)N2CCCC[C@@H]2C)cc1C(=O)O. The third kappa shape index (κ3) is 2.60. The van der Waals surface area contributed by atoms with E-state index in [1.165, 1.54) is 21.1 Å². The van der Waals surface area contributed by atoms with Crippen molar-refractivity contribution in [1.82, 2.24) is 8.87 Å². The molecule has 0 amide bonds. The minimum atomic E-state index is -3.61. The van der Waals surface area contributed by atoms with E-state index >= 15 is 0 Å². The van der Waals surface area contributed by atoms with Crippen LogP contribution in [-0.4, -0.2) is 41.0 Å². The van der Waals surface area contributed by atoms with Gasteiger partial charge in [-0.25, -0.2) is 13.2 Å². The summed E-state index contributed by atoms with van der Waals surface area (Å²) < 4.78 is 28.2. The summed E-state index contributed by atoms with van der Waals surface area (Å²) in [6.07, 6.45) is 4.15. The number of hydrogen-bond acceptors (Lipinski definition) is 3. The highest BCUT2D eigenvalue weighted by Crippen LogP contribution is 2.26. The van der Waals surface area contributed by atoms with Gasteiger partial charge in [-0.1, -0.05) is 6.42 Å². The molecule has 6 nitrogen and oxygen atoms in total. The van der Waals surface area contributed by atoms with Crippen molar-refractivity contribution in [3.8, 4) is 0 Å². The molecule has 0 radical (unpaired) electrons. The maximum absolute atomic E-state index is 12.6. The van der Waals surface area contributed by atoms with E-state index < -0.39 is 16.0 Å². The summed E-state index contributed by atoms with van der Waals surface area (Å²) in [6.45, 7) is 4.61. The van der Waals surface area contributed by atoms with Crippen molar-refractivity contribution in [1.29, 1.82) is 0 Å². The predicted octanol–water partition coefficient (Wildman–Crippen LogP) is 1.77. The fraction of sp³-hybridized carbons (Fsp3) is 0.615. The quantitative estimate of drug-likeness (QED) is 0.919. The van der Waals surface area contributed by atoms with Crippen molar-refractivity contribution in [2.75, 3.05) is 6.54 Å². The number of aromatic carboxylic acids is 1. The van der Waals surface area contributed by atoms with Gasteiger partial charge in [0.1, 0.15) is 10.6 Å². The Morgan fingerprint density at radius 3 is 2.65 bits per heavy atom. The third-order valence-electron chi connectivity index (χ3n) is 3.78. The van der Waals surface area contributed by atoms with Crippen molar-refractivity contribution >= 4 is 16.0 Å². The Morgan fingerprint density at radius 2 is 2.15 bits per heavy atom. The first-order valence-corrected chi connectivity index (χ1v) is 8.27. The maximum atomic E-state index is 12.6. The Bertz CT molecular complexity index is 606. The van der Waals surface area contributed by atoms with Gasteiger partial charge in [-0.3, -0.25) is 0 Å². The molecule has 1 saturated heterocycles. The zero-order chi connectivity index (χ0) is 14.9. The van der Waals surface area contributed by atoms with Gasteiger partial charge in [-0.2, -0.15) is 4.31 Å². The van der Waals surface area contributed by atoms with E-state index in [0.29, 0.717) is 13.1 Å². The van der Waals surface area contributed by atoms with E-state index in [2.05, 4.69) is 0 Å². The lowest BCUT2D eigenvalue weighted by molar-refractivity contribution is 0.0685. The number of sulfonamides is 1. The zero-order valence-corrected chi connectivity index (χ0v) is 12.6. The van der Waals surface area contributed by atoms with Gasteiger partial charge < -0.3 is 9.67 Å². The molecule has 2 heterocycles. The summed E-state index contributed by atoms with van der Waals surface area (Å²) in [5.74, 6) is -1.11. The van der Waals surface area contributed by atoms with Crippen LogP contribution in [0, 0.1) is 0 Å². The second-order valence-electron chi connectivity index (χ2n) is 5.11. The molecule has 1 aromatic rings. The van der Waals surface area contributed by atoms with Crippen LogP contribution in [-0.2, 0) is 16.6 Å². The van der Waals surface area contributed by atoms with Crippen LogP contribution in [0.4, 0.5) is 0 Å². The number of hydrogen-bond donors (Lipinski definition) is 1. The fourth-order valence-corrected chi connectivity index (χ4v) is 4.37. The first kappa shape index (κ1) is 15.1. The Hall–Kier alpha value is -1.34. The van der Waals surface area contributed by atoms with Crippen LogP contribution in [0.2, 0.25) is 0 Å². The first-order chi connectivity index (χ1) is 9.37. The van der Waals surface area contributed by atoms with Gasteiger partial charge in [0.2, 0.25) is 10.0 Å². The van der Waals surface area contributed by atoms with Crippen LogP contribution >= 0.6 is 0 Å². The van der Waals surface area contributed by atoms with E-state index in [1.54, 1.807) is 6.92 Å². The molecule has 7 heteroatoms. The number of rotatable bonds is 4. The van der Waals surface area contributed by atoms with Crippen LogP contribution < -0.4 is 0 Å². The van der Waals surface area contributed by atoms with Gasteiger partial charge >= 0.3 is 5.97 Å². The van der Waals surface area contributed by atoms with E-state index in [9.17, 15) is 13.2 Å². The van der Waals surface area contributed by atoms with Gasteiger partial charge in [0.25, 0.3) is 0 Å². The average Bonchev–Trinajstić information content (AvgIpc) is 2.84. The lowest BCUT2D eigenvalue weighted by Gasteiger charge is -2.31. The predicted molar refractivity (Wildman–Crippen MR) is 74.3 cm³/mol. The molecule has 1 fully saturated rings. The number of aromatic nitrogens is 1. The summed E-state index contributed by atoms with van der Waals surface area (Å²) >= 11 is 0. The monoisotopic (exact) mass is 300 g/mol. The summed E-state index contributed by atoms with van der Waals surface area (Å²) in [5.41, 5.74) is 0.00994. The zero-order valence-electron chi connectivity index (χ0n) is 11.7. The lowest BCUT2D eigenvalue weighted by atomic mass is 10.1. The molecule has 1 aromatic heterocycles. The molecule has 2 rings (SSSR count). The standard InChI is InChI=1S/C13H20N2O4S/c1-3-14-9-11(8-12(14)13(16)17)20(18,19)15-7-5-4-6-10(15)2/h8-10H,3-7H2,1-2H3,(H,16,17)/t10-/m0/s1. The summed E-state index contributed by atoms with van der Waals surface area (Å²) in [7, 11) is -3.61. The number of piperidine rings is 1. The molecule has 0 aliphatic carbocycles. The molecule has 1 N–H and O–H groups in total. The van der Waals surface area contributed by atoms with E-state index in [0.717, 1.165) is 19.3 Å². The number of aryl methyl sites for hydroxylation is 1. The molecule has 1 aliphatic rings. The van der Waals surface area contributed by atoms with Crippen LogP contribution in [0.25, 0.3) is 0 Å². The molecule has 0 saturated carbocycles. The van der Waals surface area contributed by atoms with Crippen LogP contribution in [0.15, 0.2) is 17.2 Å². The van der Waals surface area contributed by atoms with Crippen LogP contribution in [0.3, 0.4) is 0 Å². The highest BCUT2D eigenvalue weighted by molar-refractivity contribution is 7.89. The van der Waals surface area contributed by atoms with Crippen molar-refractivity contribution < 1.29 is 18.3 Å². The van der Waals surface area contributed by atoms with Crippen LogP contribution in [0.1, 0.15) is 43.6 Å². The topological polar surface area (TPSA) is 79.6 Å². The summed E-state index contributed by atoms with van der Waals surface area (Å²) in [4.78, 5) is 11.2. The molecule has 20 heavy (non-hydrogen) atoms. The average molecular weight is 300 g/mol. The molecular weight excluding hydrogens is 280 g/mol. The molecule has 0 aromatic carbocycles. The van der Waals surface area contributed by atoms with Crippen molar-refractivity contribution in [3.05, 3.63) is 18.0 Å². The lowest BCUT2D eigenvalue weighted by Crippen LogP contribution is -2.41. The molecule has 1 atom stereocenters. The van der Waals surface area contributed by atoms with Crippen molar-refractivity contribution in [2.45, 2.75) is 50.6 Å². The van der Waals surface area contributed by atoms with E-state index in [1.807, 2.05) is 6.92 Å². The Morgan fingerprint density at radius 1 is 1.45 bits per heavy atom. The molecule has 112 valence electrons. The van der Waals surface area contributed by atoms with Crippen LogP contribution in [0.5, 0.6) is 0 Å². The molecule has 0 unspecified atom stereocenters. The number of carbonyl (C=O) groups is 1. The number of carboxylic acid groups (broad SMARTS) is 1. The van der Waals surface area contributed by atoms with Crippen molar-refractivity contribution in [2.24, 2.45) is 0 Å². The highest BCUT2D eigenvalue weighted by Gasteiger charge is 2.32. The second kappa shape index (κ2) is 5.57. The Balaban J connectivity index is 2.41. The first-order valence-electron chi connectivity index (χ1n) is 6.83. The second-order valence-corrected chi connectivity index (χ2v) is 7.00. The number of carboxylic acids is 1. The minimum Gasteiger partial charge on any atom is -0.477 e. The maximum Gasteiger partial charge on any atom is 0.352 e. The molecule has 0 spiro atoms. The minimum absolute atomic E-state index is 0.00994. The largest absolute Gasteiger partial charge is 0.477 e. The van der Waals surface area contributed by atoms with Gasteiger partial charge in [0.05, 0.1) is 0 Å². The molecular formula is C13H20N2O4S. The van der Waals surface area contributed by atoms with E-state index in [4.69, 9.17) is 5.11 Å². The van der Waals surface area contributed by atoms with Crippen molar-refractivity contribution in [3.63, 3.8) is 0 Å². The Kier molecular flexibility index (Phi) is 4.19. The normalized spacial score (nSPS) is 21.0. The Labute approximate surface area is 119 Å². The van der Waals surface area contributed by atoms with Gasteiger partial charge in [-0.05, 0) is 32.8 Å². The highest BCUT2D eigenvalue weighted by atomic mass is 32.2.